The molecule has 0 fully saturated rings. The molecule has 0 aliphatic carbocycles. The summed E-state index contributed by atoms with van der Waals surface area (Å²) in [6.07, 6.45) is 0. The van der Waals surface area contributed by atoms with Crippen molar-refractivity contribution in [2.24, 2.45) is 0 Å². The average molecular weight is 253 g/mol. The Morgan fingerprint density at radius 3 is 2.58 bits per heavy atom. The average Bonchev–Trinajstić information content (AvgIpc) is 2.94. The number of carbonyl (C=O) groups excluding carboxylic acids is 1. The van der Waals surface area contributed by atoms with Crippen LogP contribution < -0.4 is 4.90 Å². The fraction of sp³-hybridized carbons (Fsp3) is 0.0714. The van der Waals surface area contributed by atoms with E-state index in [0.717, 1.165) is 5.69 Å². The van der Waals surface area contributed by atoms with E-state index in [1.54, 1.807) is 30.1 Å². The van der Waals surface area contributed by atoms with E-state index < -0.39 is 0 Å². The number of amides is 1. The van der Waals surface area contributed by atoms with Crippen molar-refractivity contribution in [2.45, 2.75) is 0 Å². The predicted octanol–water partition coefficient (Wildman–Crippen LogP) is 2.50. The van der Waals surface area contributed by atoms with Gasteiger partial charge in [-0.15, -0.1) is 0 Å². The molecular formula is C14H11N3O2. The molecule has 5 nitrogen and oxygen atoms in total. The molecule has 0 radical (unpaired) electrons. The third kappa shape index (κ3) is 2.06. The molecule has 2 aromatic carbocycles. The number of hydrogen-bond donors (Lipinski definition) is 0. The van der Waals surface area contributed by atoms with Crippen LogP contribution in [0.15, 0.2) is 53.2 Å². The summed E-state index contributed by atoms with van der Waals surface area (Å²) in [5.74, 6) is -0.101. The molecule has 1 heterocycles. The van der Waals surface area contributed by atoms with Crippen molar-refractivity contribution in [3.05, 3.63) is 54.1 Å². The van der Waals surface area contributed by atoms with Crippen LogP contribution in [0.25, 0.3) is 11.0 Å². The number of para-hydroxylation sites is 1. The molecule has 0 atom stereocenters. The van der Waals surface area contributed by atoms with E-state index >= 15 is 0 Å². The van der Waals surface area contributed by atoms with E-state index in [1.807, 2.05) is 30.3 Å². The molecule has 0 N–H and O–H groups in total. The van der Waals surface area contributed by atoms with E-state index in [-0.39, 0.29) is 5.91 Å². The van der Waals surface area contributed by atoms with Gasteiger partial charge in [-0.3, -0.25) is 4.79 Å². The quantitative estimate of drug-likeness (QED) is 0.704. The summed E-state index contributed by atoms with van der Waals surface area (Å²) in [7, 11) is 1.74. The third-order valence-electron chi connectivity index (χ3n) is 2.95. The molecule has 0 bridgehead atoms. The number of fused-ring (bicyclic) bond motifs is 1. The molecule has 19 heavy (non-hydrogen) atoms. The van der Waals surface area contributed by atoms with Crippen LogP contribution in [0, 0.1) is 0 Å². The fourth-order valence-electron chi connectivity index (χ4n) is 1.88. The van der Waals surface area contributed by atoms with Gasteiger partial charge in [-0.05, 0) is 40.6 Å². The first kappa shape index (κ1) is 11.4. The second kappa shape index (κ2) is 4.53. The number of rotatable bonds is 2. The highest BCUT2D eigenvalue weighted by molar-refractivity contribution is 6.07. The first-order chi connectivity index (χ1) is 9.25. The Morgan fingerprint density at radius 1 is 1.05 bits per heavy atom. The highest BCUT2D eigenvalue weighted by Crippen LogP contribution is 2.17. The van der Waals surface area contributed by atoms with E-state index in [1.165, 1.54) is 0 Å². The standard InChI is InChI=1S/C14H11N3O2/c1-17(11-5-3-2-4-6-11)14(18)10-7-8-12-13(9-10)16-19-15-12/h2-9H,1H3. The Morgan fingerprint density at radius 2 is 1.79 bits per heavy atom. The number of aromatic nitrogens is 2. The molecular weight excluding hydrogens is 242 g/mol. The van der Waals surface area contributed by atoms with Crippen LogP contribution in [0.1, 0.15) is 10.4 Å². The molecule has 0 spiro atoms. The molecule has 0 aliphatic rings. The summed E-state index contributed by atoms with van der Waals surface area (Å²) in [6, 6.07) is 14.6. The van der Waals surface area contributed by atoms with Crippen LogP contribution in [0.3, 0.4) is 0 Å². The van der Waals surface area contributed by atoms with Gasteiger partial charge in [0.05, 0.1) is 0 Å². The summed E-state index contributed by atoms with van der Waals surface area (Å²) in [5.41, 5.74) is 2.60. The lowest BCUT2D eigenvalue weighted by molar-refractivity contribution is 0.0993. The minimum absolute atomic E-state index is 0.101. The van der Waals surface area contributed by atoms with Gasteiger partial charge in [-0.1, -0.05) is 18.2 Å². The van der Waals surface area contributed by atoms with Crippen molar-refractivity contribution < 1.29 is 9.42 Å². The summed E-state index contributed by atoms with van der Waals surface area (Å²) < 4.78 is 4.62. The van der Waals surface area contributed by atoms with Gasteiger partial charge < -0.3 is 4.90 Å². The summed E-state index contributed by atoms with van der Waals surface area (Å²) in [5, 5.41) is 7.45. The predicted molar refractivity (Wildman–Crippen MR) is 71.0 cm³/mol. The van der Waals surface area contributed by atoms with Crippen molar-refractivity contribution in [3.8, 4) is 0 Å². The molecule has 1 amide bonds. The molecule has 0 saturated heterocycles. The summed E-state index contributed by atoms with van der Waals surface area (Å²) in [4.78, 5) is 13.9. The summed E-state index contributed by atoms with van der Waals surface area (Å²) in [6.45, 7) is 0. The molecule has 3 rings (SSSR count). The van der Waals surface area contributed by atoms with Gasteiger partial charge in [0.2, 0.25) is 0 Å². The van der Waals surface area contributed by atoms with Crippen LogP contribution in [-0.2, 0) is 0 Å². The smallest absolute Gasteiger partial charge is 0.258 e. The normalized spacial score (nSPS) is 10.6. The zero-order valence-electron chi connectivity index (χ0n) is 10.3. The second-order valence-electron chi connectivity index (χ2n) is 4.17. The summed E-state index contributed by atoms with van der Waals surface area (Å²) >= 11 is 0. The Labute approximate surface area is 109 Å². The first-order valence-corrected chi connectivity index (χ1v) is 5.81. The number of hydrogen-bond acceptors (Lipinski definition) is 4. The minimum Gasteiger partial charge on any atom is -0.311 e. The zero-order chi connectivity index (χ0) is 13.2. The lowest BCUT2D eigenvalue weighted by atomic mass is 10.1. The fourth-order valence-corrected chi connectivity index (χ4v) is 1.88. The van der Waals surface area contributed by atoms with Gasteiger partial charge in [-0.2, -0.15) is 0 Å². The van der Waals surface area contributed by atoms with Crippen LogP contribution in [0.4, 0.5) is 5.69 Å². The van der Waals surface area contributed by atoms with Crippen molar-refractivity contribution in [1.29, 1.82) is 0 Å². The highest BCUT2D eigenvalue weighted by Gasteiger charge is 2.14. The van der Waals surface area contributed by atoms with Gasteiger partial charge in [0.25, 0.3) is 5.91 Å². The molecule has 5 heteroatoms. The van der Waals surface area contributed by atoms with Crippen LogP contribution in [-0.4, -0.2) is 23.3 Å². The third-order valence-corrected chi connectivity index (χ3v) is 2.95. The molecule has 0 aliphatic heterocycles. The maximum atomic E-state index is 12.4. The Kier molecular flexibility index (Phi) is 2.72. The van der Waals surface area contributed by atoms with Gasteiger partial charge in [0, 0.05) is 18.3 Å². The zero-order valence-corrected chi connectivity index (χ0v) is 10.3. The van der Waals surface area contributed by atoms with Crippen LogP contribution in [0.5, 0.6) is 0 Å². The first-order valence-electron chi connectivity index (χ1n) is 5.81. The molecule has 1 aromatic heterocycles. The lowest BCUT2D eigenvalue weighted by Gasteiger charge is -2.17. The number of anilines is 1. The second-order valence-corrected chi connectivity index (χ2v) is 4.17. The van der Waals surface area contributed by atoms with Gasteiger partial charge in [-0.25, -0.2) is 4.63 Å². The SMILES string of the molecule is CN(C(=O)c1ccc2nonc2c1)c1ccccc1. The number of carbonyl (C=O) groups is 1. The molecule has 3 aromatic rings. The number of benzene rings is 2. The Hall–Kier alpha value is -2.69. The van der Waals surface area contributed by atoms with Crippen molar-refractivity contribution in [2.75, 3.05) is 11.9 Å². The number of nitrogens with zero attached hydrogens (tertiary/aromatic N) is 3. The van der Waals surface area contributed by atoms with Gasteiger partial charge in [0.1, 0.15) is 11.0 Å². The van der Waals surface area contributed by atoms with Gasteiger partial charge >= 0.3 is 0 Å². The van der Waals surface area contributed by atoms with E-state index in [0.29, 0.717) is 16.6 Å². The lowest BCUT2D eigenvalue weighted by Crippen LogP contribution is -2.26. The van der Waals surface area contributed by atoms with Crippen molar-refractivity contribution in [3.63, 3.8) is 0 Å². The molecule has 94 valence electrons. The van der Waals surface area contributed by atoms with Crippen LogP contribution >= 0.6 is 0 Å². The maximum absolute atomic E-state index is 12.4. The van der Waals surface area contributed by atoms with E-state index in [2.05, 4.69) is 14.9 Å². The topological polar surface area (TPSA) is 59.2 Å². The van der Waals surface area contributed by atoms with Gasteiger partial charge in [0.15, 0.2) is 0 Å². The van der Waals surface area contributed by atoms with Crippen molar-refractivity contribution >= 4 is 22.6 Å². The molecule has 0 saturated carbocycles. The monoisotopic (exact) mass is 253 g/mol. The Bertz CT molecular complexity index is 722. The maximum Gasteiger partial charge on any atom is 0.258 e. The van der Waals surface area contributed by atoms with Crippen LogP contribution in [0.2, 0.25) is 0 Å². The minimum atomic E-state index is -0.101. The van der Waals surface area contributed by atoms with E-state index in [9.17, 15) is 4.79 Å². The van der Waals surface area contributed by atoms with Crippen molar-refractivity contribution in [1.82, 2.24) is 10.3 Å². The molecule has 0 unspecified atom stereocenters. The largest absolute Gasteiger partial charge is 0.311 e. The van der Waals surface area contributed by atoms with E-state index in [4.69, 9.17) is 0 Å². The highest BCUT2D eigenvalue weighted by atomic mass is 16.6. The Balaban J connectivity index is 1.95.